The molecule has 3 rings (SSSR count). The van der Waals surface area contributed by atoms with Gasteiger partial charge in [0.25, 0.3) is 0 Å². The van der Waals surface area contributed by atoms with Crippen molar-refractivity contribution >= 4 is 5.91 Å². The van der Waals surface area contributed by atoms with E-state index in [0.29, 0.717) is 0 Å². The van der Waals surface area contributed by atoms with E-state index in [0.717, 1.165) is 56.7 Å². The molecule has 6 heteroatoms. The second kappa shape index (κ2) is 8.73. The molecule has 2 N–H and O–H groups in total. The summed E-state index contributed by atoms with van der Waals surface area (Å²) >= 11 is 0. The second-order valence-corrected chi connectivity index (χ2v) is 7.24. The molecular weight excluding hydrogens is 332 g/mol. The van der Waals surface area contributed by atoms with E-state index in [4.69, 9.17) is 19.9 Å². The Morgan fingerprint density at radius 3 is 2.42 bits per heavy atom. The molecular formula is C20H30N2O4. The van der Waals surface area contributed by atoms with Crippen LogP contribution in [0.25, 0.3) is 0 Å². The van der Waals surface area contributed by atoms with Gasteiger partial charge in [0.05, 0.1) is 13.2 Å². The first kappa shape index (κ1) is 19.0. The van der Waals surface area contributed by atoms with Crippen LogP contribution < -0.4 is 15.2 Å². The fourth-order valence-corrected chi connectivity index (χ4v) is 4.00. The van der Waals surface area contributed by atoms with Crippen molar-refractivity contribution in [1.82, 2.24) is 4.90 Å². The van der Waals surface area contributed by atoms with Crippen molar-refractivity contribution in [2.75, 3.05) is 27.3 Å². The summed E-state index contributed by atoms with van der Waals surface area (Å²) in [6.07, 6.45) is 4.22. The molecule has 1 aromatic carbocycles. The first-order valence-corrected chi connectivity index (χ1v) is 9.49. The minimum atomic E-state index is -0.0101. The highest BCUT2D eigenvalue weighted by Gasteiger charge is 2.35. The Morgan fingerprint density at radius 2 is 1.77 bits per heavy atom. The summed E-state index contributed by atoms with van der Waals surface area (Å²) in [5.41, 5.74) is 6.07. The Labute approximate surface area is 155 Å². The van der Waals surface area contributed by atoms with Gasteiger partial charge >= 0.3 is 0 Å². The van der Waals surface area contributed by atoms with Crippen LogP contribution in [0.1, 0.15) is 32.1 Å². The quantitative estimate of drug-likeness (QED) is 0.869. The lowest BCUT2D eigenvalue weighted by molar-refractivity contribution is -0.140. The predicted molar refractivity (Wildman–Crippen MR) is 99.3 cm³/mol. The van der Waals surface area contributed by atoms with E-state index in [2.05, 4.69) is 0 Å². The van der Waals surface area contributed by atoms with Crippen molar-refractivity contribution in [3.8, 4) is 11.5 Å². The highest BCUT2D eigenvalue weighted by Crippen LogP contribution is 2.31. The molecule has 6 nitrogen and oxygen atoms in total. The number of likely N-dealkylation sites (tertiary alicyclic amines) is 1. The molecule has 0 radical (unpaired) electrons. The van der Waals surface area contributed by atoms with Gasteiger partial charge in [-0.15, -0.1) is 0 Å². The maximum atomic E-state index is 12.9. The van der Waals surface area contributed by atoms with Crippen LogP contribution in [-0.4, -0.2) is 56.4 Å². The zero-order valence-corrected chi connectivity index (χ0v) is 15.7. The van der Waals surface area contributed by atoms with Crippen LogP contribution >= 0.6 is 0 Å². The van der Waals surface area contributed by atoms with Crippen molar-refractivity contribution in [1.29, 1.82) is 0 Å². The highest BCUT2D eigenvalue weighted by atomic mass is 16.5. The summed E-state index contributed by atoms with van der Waals surface area (Å²) in [5, 5.41) is 0. The SMILES string of the molecule is COc1ccccc1OC1CCN(C(=O)[C@H]2CC[C@H](N)[C@@H](OC)C2)CC1. The molecule has 2 fully saturated rings. The van der Waals surface area contributed by atoms with Gasteiger partial charge in [0.15, 0.2) is 11.5 Å². The third kappa shape index (κ3) is 4.30. The maximum absolute atomic E-state index is 12.9. The van der Waals surface area contributed by atoms with Crippen molar-refractivity contribution in [3.05, 3.63) is 24.3 Å². The number of hydrogen-bond donors (Lipinski definition) is 1. The maximum Gasteiger partial charge on any atom is 0.225 e. The Hall–Kier alpha value is -1.79. The molecule has 1 aromatic rings. The largest absolute Gasteiger partial charge is 0.493 e. The van der Waals surface area contributed by atoms with E-state index >= 15 is 0 Å². The lowest BCUT2D eigenvalue weighted by Crippen LogP contribution is -2.49. The summed E-state index contributed by atoms with van der Waals surface area (Å²) in [4.78, 5) is 14.8. The Kier molecular flexibility index (Phi) is 6.38. The van der Waals surface area contributed by atoms with Crippen LogP contribution in [0.3, 0.4) is 0 Å². The van der Waals surface area contributed by atoms with Crippen molar-refractivity contribution in [3.63, 3.8) is 0 Å². The molecule has 1 aliphatic carbocycles. The van der Waals surface area contributed by atoms with E-state index in [-0.39, 0.29) is 30.1 Å². The smallest absolute Gasteiger partial charge is 0.225 e. The fourth-order valence-electron chi connectivity index (χ4n) is 4.00. The number of carbonyl (C=O) groups excluding carboxylic acids is 1. The van der Waals surface area contributed by atoms with Crippen molar-refractivity contribution in [2.24, 2.45) is 11.7 Å². The van der Waals surface area contributed by atoms with Crippen molar-refractivity contribution < 1.29 is 19.0 Å². The average Bonchev–Trinajstić information content (AvgIpc) is 2.69. The summed E-state index contributed by atoms with van der Waals surface area (Å²) in [5.74, 6) is 1.79. The van der Waals surface area contributed by atoms with Gasteiger partial charge in [0, 0.05) is 45.0 Å². The van der Waals surface area contributed by atoms with E-state index in [9.17, 15) is 4.79 Å². The van der Waals surface area contributed by atoms with Crippen LogP contribution in [0.2, 0.25) is 0 Å². The van der Waals surface area contributed by atoms with Crippen molar-refractivity contribution in [2.45, 2.75) is 50.4 Å². The van der Waals surface area contributed by atoms with E-state index in [1.165, 1.54) is 0 Å². The molecule has 0 spiro atoms. The molecule has 1 aliphatic heterocycles. The Morgan fingerprint density at radius 1 is 1.08 bits per heavy atom. The number of benzene rings is 1. The molecule has 1 saturated carbocycles. The zero-order chi connectivity index (χ0) is 18.5. The summed E-state index contributed by atoms with van der Waals surface area (Å²) < 4.78 is 16.9. The third-order valence-electron chi connectivity index (χ3n) is 5.61. The van der Waals surface area contributed by atoms with E-state index in [1.54, 1.807) is 14.2 Å². The Balaban J connectivity index is 1.51. The number of ether oxygens (including phenoxy) is 3. The normalized spacial score (nSPS) is 27.2. The molecule has 0 aromatic heterocycles. The monoisotopic (exact) mass is 362 g/mol. The summed E-state index contributed by atoms with van der Waals surface area (Å²) in [6, 6.07) is 7.73. The topological polar surface area (TPSA) is 74.0 Å². The number of carbonyl (C=O) groups is 1. The van der Waals surface area contributed by atoms with Gasteiger partial charge < -0.3 is 24.8 Å². The molecule has 0 unspecified atom stereocenters. The average molecular weight is 362 g/mol. The first-order chi connectivity index (χ1) is 12.6. The molecule has 1 amide bonds. The van der Waals surface area contributed by atoms with Crippen LogP contribution in [-0.2, 0) is 9.53 Å². The molecule has 1 heterocycles. The molecule has 2 aliphatic rings. The van der Waals surface area contributed by atoms with Gasteiger partial charge in [0.1, 0.15) is 6.10 Å². The highest BCUT2D eigenvalue weighted by molar-refractivity contribution is 5.79. The number of amides is 1. The standard InChI is InChI=1S/C20H30N2O4/c1-24-17-5-3-4-6-18(17)26-15-9-11-22(12-10-15)20(23)14-7-8-16(21)19(13-14)25-2/h3-6,14-16,19H,7-13,21H2,1-2H3/t14-,16-,19-/m0/s1. The second-order valence-electron chi connectivity index (χ2n) is 7.24. The minimum Gasteiger partial charge on any atom is -0.493 e. The molecule has 0 bridgehead atoms. The van der Waals surface area contributed by atoms with Crippen LogP contribution in [0, 0.1) is 5.92 Å². The third-order valence-corrected chi connectivity index (χ3v) is 5.61. The van der Waals surface area contributed by atoms with E-state index < -0.39 is 0 Å². The number of nitrogens with zero attached hydrogens (tertiary/aromatic N) is 1. The van der Waals surface area contributed by atoms with Crippen LogP contribution in [0.5, 0.6) is 11.5 Å². The number of para-hydroxylation sites is 2. The lowest BCUT2D eigenvalue weighted by Gasteiger charge is -2.38. The summed E-state index contributed by atoms with van der Waals surface area (Å²) in [7, 11) is 3.32. The predicted octanol–water partition coefficient (Wildman–Crippen LogP) is 2.21. The molecule has 144 valence electrons. The van der Waals surface area contributed by atoms with Gasteiger partial charge in [-0.05, 0) is 31.4 Å². The van der Waals surface area contributed by atoms with E-state index in [1.807, 2.05) is 29.2 Å². The number of piperidine rings is 1. The first-order valence-electron chi connectivity index (χ1n) is 9.49. The van der Waals surface area contributed by atoms with Crippen LogP contribution in [0.4, 0.5) is 0 Å². The van der Waals surface area contributed by atoms with Gasteiger partial charge in [-0.25, -0.2) is 0 Å². The van der Waals surface area contributed by atoms with Gasteiger partial charge in [-0.1, -0.05) is 12.1 Å². The van der Waals surface area contributed by atoms with Crippen LogP contribution in [0.15, 0.2) is 24.3 Å². The van der Waals surface area contributed by atoms with Gasteiger partial charge in [-0.2, -0.15) is 0 Å². The van der Waals surface area contributed by atoms with Gasteiger partial charge in [-0.3, -0.25) is 4.79 Å². The van der Waals surface area contributed by atoms with Gasteiger partial charge in [0.2, 0.25) is 5.91 Å². The zero-order valence-electron chi connectivity index (χ0n) is 15.7. The summed E-state index contributed by atoms with van der Waals surface area (Å²) in [6.45, 7) is 1.47. The fraction of sp³-hybridized carbons (Fsp3) is 0.650. The molecule has 1 saturated heterocycles. The minimum absolute atomic E-state index is 0.0101. The number of rotatable bonds is 5. The molecule has 3 atom stereocenters. The number of nitrogens with two attached hydrogens (primary N) is 1. The lowest BCUT2D eigenvalue weighted by atomic mass is 9.83. The Bertz CT molecular complexity index is 601. The number of methoxy groups -OCH3 is 2. The molecule has 26 heavy (non-hydrogen) atoms. The number of hydrogen-bond acceptors (Lipinski definition) is 5.